The number of nitrogens with one attached hydrogen (secondary N) is 1. The lowest BCUT2D eigenvalue weighted by Gasteiger charge is -1.86. The van der Waals surface area contributed by atoms with E-state index in [0.717, 1.165) is 0 Å². The summed E-state index contributed by atoms with van der Waals surface area (Å²) in [6, 6.07) is -1.03. The number of hydrogen-bond donors (Lipinski definition) is 2. The Morgan fingerprint density at radius 3 is 2.25 bits per heavy atom. The van der Waals surface area contributed by atoms with Gasteiger partial charge in [-0.1, -0.05) is 0 Å². The minimum atomic E-state index is -1.46. The lowest BCUT2D eigenvalue weighted by Crippen LogP contribution is -2.24. The highest BCUT2D eigenvalue weighted by atomic mass is 32.1. The van der Waals surface area contributed by atoms with Crippen molar-refractivity contribution in [1.29, 1.82) is 0 Å². The van der Waals surface area contributed by atoms with Crippen LogP contribution >= 0.6 is 0 Å². The Hall–Kier alpha value is -1.04. The molecule has 0 saturated heterocycles. The van der Waals surface area contributed by atoms with E-state index in [4.69, 9.17) is 5.11 Å². The third kappa shape index (κ3) is 3.16. The predicted molar refractivity (Wildman–Crippen MR) is 26.3 cm³/mol. The number of imide groups is 1. The molecule has 0 aromatic heterocycles. The molecular weight excluding hydrogens is 132 g/mol. The third-order valence-corrected chi connectivity index (χ3v) is 0.463. The van der Waals surface area contributed by atoms with Crippen molar-refractivity contribution in [2.45, 2.75) is 0 Å². The van der Waals surface area contributed by atoms with Crippen LogP contribution in [0.3, 0.4) is 0 Å². The van der Waals surface area contributed by atoms with Crippen molar-refractivity contribution >= 4 is 24.5 Å². The van der Waals surface area contributed by atoms with E-state index in [-0.39, 0.29) is 0 Å². The minimum Gasteiger partial charge on any atom is -0.465 e. The SMILES string of the molecule is O=C(O)NC(=O)N=S. The number of hydrogen-bond acceptors (Lipinski definition) is 3. The van der Waals surface area contributed by atoms with Crippen LogP contribution in [0.25, 0.3) is 0 Å². The number of rotatable bonds is 0. The molecule has 0 aliphatic heterocycles. The van der Waals surface area contributed by atoms with Gasteiger partial charge in [-0.05, 0) is 0 Å². The highest BCUT2D eigenvalue weighted by Gasteiger charge is 1.99. The number of carboxylic acid groups (broad SMARTS) is 1. The maximum atomic E-state index is 9.86. The molecule has 0 aromatic rings. The van der Waals surface area contributed by atoms with Crippen molar-refractivity contribution in [3.63, 3.8) is 0 Å². The van der Waals surface area contributed by atoms with Crippen molar-refractivity contribution in [3.8, 4) is 0 Å². The summed E-state index contributed by atoms with van der Waals surface area (Å²) in [5, 5.41) is 9.18. The third-order valence-electron chi connectivity index (χ3n) is 0.297. The predicted octanol–water partition coefficient (Wildman–Crippen LogP) is 0.104. The van der Waals surface area contributed by atoms with Crippen LogP contribution < -0.4 is 5.32 Å². The Kier molecular flexibility index (Phi) is 2.63. The monoisotopic (exact) mass is 134 g/mol. The average molecular weight is 134 g/mol. The molecule has 0 radical (unpaired) electrons. The Morgan fingerprint density at radius 2 is 2.12 bits per heavy atom. The summed E-state index contributed by atoms with van der Waals surface area (Å²) >= 11 is 3.84. The van der Waals surface area contributed by atoms with Gasteiger partial charge in [0.2, 0.25) is 0 Å². The molecule has 0 aromatic carbocycles. The maximum absolute atomic E-state index is 9.86. The van der Waals surface area contributed by atoms with Gasteiger partial charge in [-0.3, -0.25) is 0 Å². The number of urea groups is 1. The zero-order valence-electron chi connectivity index (χ0n) is 3.62. The fourth-order valence-electron chi connectivity index (χ4n) is 0.114. The molecule has 5 nitrogen and oxygen atoms in total. The summed E-state index contributed by atoms with van der Waals surface area (Å²) in [5.74, 6) is 0. The van der Waals surface area contributed by atoms with E-state index in [1.165, 1.54) is 5.32 Å². The summed E-state index contributed by atoms with van der Waals surface area (Å²) in [6.45, 7) is 0. The van der Waals surface area contributed by atoms with Crippen LogP contribution in [0.15, 0.2) is 4.36 Å². The van der Waals surface area contributed by atoms with Crippen LogP contribution in [0.4, 0.5) is 9.59 Å². The van der Waals surface area contributed by atoms with Crippen LogP contribution in [0.2, 0.25) is 0 Å². The van der Waals surface area contributed by atoms with Gasteiger partial charge in [-0.25, -0.2) is 14.9 Å². The summed E-state index contributed by atoms with van der Waals surface area (Å²) in [7, 11) is 0. The van der Waals surface area contributed by atoms with Crippen molar-refractivity contribution in [2.24, 2.45) is 4.36 Å². The van der Waals surface area contributed by atoms with Gasteiger partial charge >= 0.3 is 12.1 Å². The first-order chi connectivity index (χ1) is 3.66. The molecule has 44 valence electrons. The highest BCUT2D eigenvalue weighted by Crippen LogP contribution is 1.68. The molecule has 0 unspecified atom stereocenters. The number of carbonyl (C=O) groups is 2. The van der Waals surface area contributed by atoms with E-state index in [2.05, 4.69) is 16.8 Å². The van der Waals surface area contributed by atoms with Crippen LogP contribution in [0.5, 0.6) is 0 Å². The normalized spacial score (nSPS) is 7.50. The molecule has 0 rings (SSSR count). The number of nitrogens with zero attached hydrogens (tertiary/aromatic N) is 1. The van der Waals surface area contributed by atoms with E-state index >= 15 is 0 Å². The first kappa shape index (κ1) is 6.96. The van der Waals surface area contributed by atoms with Crippen molar-refractivity contribution < 1.29 is 14.7 Å². The van der Waals surface area contributed by atoms with Gasteiger partial charge in [-0.2, -0.15) is 0 Å². The molecule has 3 amide bonds. The maximum Gasteiger partial charge on any atom is 0.412 e. The second kappa shape index (κ2) is 3.03. The summed E-state index contributed by atoms with van der Waals surface area (Å²) in [6.07, 6.45) is -1.46. The standard InChI is InChI=1S/C2H2N2O3S/c5-1(4-8)3-2(6)7/h(H,3,5)(H,6,7). The van der Waals surface area contributed by atoms with Gasteiger partial charge in [0.25, 0.3) is 0 Å². The lowest BCUT2D eigenvalue weighted by molar-refractivity contribution is 0.193. The van der Waals surface area contributed by atoms with Gasteiger partial charge < -0.3 is 5.11 Å². The second-order valence-corrected chi connectivity index (χ2v) is 1.01. The van der Waals surface area contributed by atoms with E-state index < -0.39 is 12.1 Å². The van der Waals surface area contributed by atoms with Crippen molar-refractivity contribution in [2.75, 3.05) is 0 Å². The molecule has 0 saturated carbocycles. The second-order valence-electron chi connectivity index (χ2n) is 0.827. The summed E-state index contributed by atoms with van der Waals surface area (Å²) in [4.78, 5) is 19.4. The van der Waals surface area contributed by atoms with Gasteiger partial charge in [0.15, 0.2) is 0 Å². The Bertz CT molecular complexity index is 133. The molecule has 0 aliphatic carbocycles. The van der Waals surface area contributed by atoms with E-state index in [1.54, 1.807) is 0 Å². The zero-order chi connectivity index (χ0) is 6.57. The van der Waals surface area contributed by atoms with Crippen molar-refractivity contribution in [1.82, 2.24) is 5.32 Å². The van der Waals surface area contributed by atoms with Gasteiger partial charge in [0.1, 0.15) is 0 Å². The van der Waals surface area contributed by atoms with E-state index in [1.807, 2.05) is 0 Å². The Labute approximate surface area is 49.9 Å². The quantitative estimate of drug-likeness (QED) is 0.492. The van der Waals surface area contributed by atoms with Crippen LogP contribution in [-0.2, 0) is 12.4 Å². The van der Waals surface area contributed by atoms with Crippen LogP contribution in [0, 0.1) is 0 Å². The van der Waals surface area contributed by atoms with E-state index in [9.17, 15) is 9.59 Å². The molecule has 0 aliphatic rings. The Balaban J connectivity index is 3.55. The first-order valence-electron chi connectivity index (χ1n) is 1.54. The molecule has 8 heavy (non-hydrogen) atoms. The molecule has 0 heterocycles. The highest BCUT2D eigenvalue weighted by molar-refractivity contribution is 7.47. The van der Waals surface area contributed by atoms with E-state index in [0.29, 0.717) is 0 Å². The largest absolute Gasteiger partial charge is 0.465 e. The van der Waals surface area contributed by atoms with Crippen LogP contribution in [-0.4, -0.2) is 17.2 Å². The molecule has 0 bridgehead atoms. The topological polar surface area (TPSA) is 78.8 Å². The molecular formula is C2H2N2O3S. The fraction of sp³-hybridized carbons (Fsp3) is 0. The molecule has 6 heteroatoms. The number of carbonyl (C=O) groups excluding carboxylic acids is 1. The van der Waals surface area contributed by atoms with Gasteiger partial charge in [-0.15, -0.1) is 4.36 Å². The summed E-state index contributed by atoms with van der Waals surface area (Å²) in [5.41, 5.74) is 0. The van der Waals surface area contributed by atoms with Crippen LogP contribution in [0.1, 0.15) is 0 Å². The molecule has 0 spiro atoms. The molecule has 0 atom stereocenters. The van der Waals surface area contributed by atoms with Gasteiger partial charge in [0.05, 0.1) is 0 Å². The van der Waals surface area contributed by atoms with Crippen molar-refractivity contribution in [3.05, 3.63) is 0 Å². The fourth-order valence-corrected chi connectivity index (χ4v) is 0.160. The lowest BCUT2D eigenvalue weighted by atomic mass is 11.0. The minimum absolute atomic E-state index is 1.03. The zero-order valence-corrected chi connectivity index (χ0v) is 4.44. The average Bonchev–Trinajstić information content (AvgIpc) is 1.65. The smallest absolute Gasteiger partial charge is 0.412 e. The summed E-state index contributed by atoms with van der Waals surface area (Å²) < 4.78 is 2.58. The first-order valence-corrected chi connectivity index (χ1v) is 1.90. The molecule has 2 N–H and O–H groups in total. The molecule has 0 fully saturated rings. The Morgan fingerprint density at radius 1 is 1.62 bits per heavy atom. The number of amides is 3. The van der Waals surface area contributed by atoms with Gasteiger partial charge in [0, 0.05) is 12.4 Å².